The third-order valence-electron chi connectivity index (χ3n) is 7.57. The van der Waals surface area contributed by atoms with E-state index in [0.29, 0.717) is 25.7 Å². The normalized spacial score (nSPS) is 43.7. The van der Waals surface area contributed by atoms with Crippen LogP contribution in [0.5, 0.6) is 0 Å². The molecule has 5 rings (SSSR count). The first-order valence-corrected chi connectivity index (χ1v) is 11.3. The highest BCUT2D eigenvalue weighted by Crippen LogP contribution is 2.41. The molecule has 2 heterocycles. The summed E-state index contributed by atoms with van der Waals surface area (Å²) in [6.07, 6.45) is 7.77. The van der Waals surface area contributed by atoms with Crippen LogP contribution >= 0.6 is 0 Å². The van der Waals surface area contributed by atoms with E-state index in [4.69, 9.17) is 18.9 Å². The standard InChI is InChI=1S/C22H28O8/c23-19-15-6-4-13(9-17(15)21(25)29-19)27-11-2-1-3-12(8-11)28-14-5-7-16-18(10-14)22(26)30-20(16)24/h11-18H,1-10H2. The molecule has 3 aliphatic carbocycles. The fourth-order valence-corrected chi connectivity index (χ4v) is 5.99. The van der Waals surface area contributed by atoms with Crippen LogP contribution in [-0.2, 0) is 38.1 Å². The SMILES string of the molecule is O=C1OC(=O)C2CC(OC3CCCC(OC4CCC5C(=O)OC(=O)C5C4)C3)CCC12. The first kappa shape index (κ1) is 20.1. The minimum Gasteiger partial charge on any atom is -0.393 e. The third kappa shape index (κ3) is 3.80. The van der Waals surface area contributed by atoms with Crippen LogP contribution in [0.4, 0.5) is 0 Å². The molecule has 8 heteroatoms. The summed E-state index contributed by atoms with van der Waals surface area (Å²) in [6.45, 7) is 0. The molecule has 3 saturated carbocycles. The highest BCUT2D eigenvalue weighted by Gasteiger charge is 2.49. The molecule has 2 saturated heterocycles. The van der Waals surface area contributed by atoms with Crippen molar-refractivity contribution < 1.29 is 38.1 Å². The van der Waals surface area contributed by atoms with Crippen molar-refractivity contribution in [2.24, 2.45) is 23.7 Å². The Balaban J connectivity index is 1.12. The maximum atomic E-state index is 11.9. The van der Waals surface area contributed by atoms with Crippen LogP contribution in [0, 0.1) is 23.7 Å². The topological polar surface area (TPSA) is 105 Å². The zero-order valence-electron chi connectivity index (χ0n) is 17.0. The molecule has 0 N–H and O–H groups in total. The average molecular weight is 420 g/mol. The van der Waals surface area contributed by atoms with Gasteiger partial charge in [0.1, 0.15) is 0 Å². The maximum Gasteiger partial charge on any atom is 0.317 e. The van der Waals surface area contributed by atoms with E-state index in [1.54, 1.807) is 0 Å². The number of carbonyl (C=O) groups is 4. The van der Waals surface area contributed by atoms with Crippen molar-refractivity contribution in [3.8, 4) is 0 Å². The molecule has 164 valence electrons. The smallest absolute Gasteiger partial charge is 0.317 e. The van der Waals surface area contributed by atoms with Gasteiger partial charge in [0.25, 0.3) is 0 Å². The fraction of sp³-hybridized carbons (Fsp3) is 0.818. The van der Waals surface area contributed by atoms with Gasteiger partial charge in [-0.2, -0.15) is 0 Å². The molecule has 0 spiro atoms. The summed E-state index contributed by atoms with van der Waals surface area (Å²) in [4.78, 5) is 47.2. The summed E-state index contributed by atoms with van der Waals surface area (Å²) in [7, 11) is 0. The largest absolute Gasteiger partial charge is 0.393 e. The molecular formula is C22H28O8. The number of fused-ring (bicyclic) bond motifs is 2. The van der Waals surface area contributed by atoms with Crippen LogP contribution in [-0.4, -0.2) is 48.3 Å². The van der Waals surface area contributed by atoms with Gasteiger partial charge in [0.05, 0.1) is 48.1 Å². The van der Waals surface area contributed by atoms with Gasteiger partial charge in [-0.3, -0.25) is 19.2 Å². The van der Waals surface area contributed by atoms with Crippen molar-refractivity contribution in [1.82, 2.24) is 0 Å². The first-order chi connectivity index (χ1) is 14.5. The Morgan fingerprint density at radius 3 is 1.37 bits per heavy atom. The van der Waals surface area contributed by atoms with Crippen LogP contribution in [0.15, 0.2) is 0 Å². The van der Waals surface area contributed by atoms with Crippen molar-refractivity contribution in [1.29, 1.82) is 0 Å². The highest BCUT2D eigenvalue weighted by molar-refractivity contribution is 5.97. The molecule has 5 aliphatic rings. The molecule has 5 fully saturated rings. The van der Waals surface area contributed by atoms with Crippen LogP contribution in [0.3, 0.4) is 0 Å². The van der Waals surface area contributed by atoms with Gasteiger partial charge in [-0.05, 0) is 64.2 Å². The number of cyclic esters (lactones) is 4. The summed E-state index contributed by atoms with van der Waals surface area (Å²) in [5.41, 5.74) is 0. The Morgan fingerprint density at radius 2 is 0.900 bits per heavy atom. The van der Waals surface area contributed by atoms with E-state index in [2.05, 4.69) is 0 Å². The number of esters is 4. The van der Waals surface area contributed by atoms with Gasteiger partial charge in [-0.1, -0.05) is 0 Å². The van der Waals surface area contributed by atoms with Crippen LogP contribution in [0.2, 0.25) is 0 Å². The molecule has 0 aromatic carbocycles. The van der Waals surface area contributed by atoms with Crippen LogP contribution in [0.25, 0.3) is 0 Å². The highest BCUT2D eigenvalue weighted by atomic mass is 16.6. The summed E-state index contributed by atoms with van der Waals surface area (Å²) < 4.78 is 22.2. The molecule has 0 radical (unpaired) electrons. The lowest BCUT2D eigenvalue weighted by Gasteiger charge is -2.37. The number of carbonyl (C=O) groups excluding carboxylic acids is 4. The Bertz CT molecular complexity index is 687. The van der Waals surface area contributed by atoms with Gasteiger partial charge < -0.3 is 18.9 Å². The lowest BCUT2D eigenvalue weighted by molar-refractivity contribution is -0.155. The predicted molar refractivity (Wildman–Crippen MR) is 99.7 cm³/mol. The monoisotopic (exact) mass is 420 g/mol. The van der Waals surface area contributed by atoms with Gasteiger partial charge in [0.2, 0.25) is 0 Å². The molecule has 2 aliphatic heterocycles. The van der Waals surface area contributed by atoms with Gasteiger partial charge in [-0.15, -0.1) is 0 Å². The molecular weight excluding hydrogens is 392 g/mol. The Kier molecular flexibility index (Phi) is 5.39. The van der Waals surface area contributed by atoms with Crippen LogP contribution < -0.4 is 0 Å². The van der Waals surface area contributed by atoms with E-state index >= 15 is 0 Å². The van der Waals surface area contributed by atoms with E-state index in [-0.39, 0.29) is 60.0 Å². The van der Waals surface area contributed by atoms with Crippen molar-refractivity contribution in [2.45, 2.75) is 88.6 Å². The molecule has 30 heavy (non-hydrogen) atoms. The maximum absolute atomic E-state index is 11.9. The molecule has 8 unspecified atom stereocenters. The number of rotatable bonds is 4. The summed E-state index contributed by atoms with van der Waals surface area (Å²) in [5.74, 6) is -2.83. The Hall–Kier alpha value is -1.80. The van der Waals surface area contributed by atoms with E-state index in [1.807, 2.05) is 0 Å². The zero-order valence-corrected chi connectivity index (χ0v) is 17.0. The van der Waals surface area contributed by atoms with E-state index in [9.17, 15) is 19.2 Å². The van der Waals surface area contributed by atoms with Gasteiger partial charge in [0, 0.05) is 0 Å². The summed E-state index contributed by atoms with van der Waals surface area (Å²) in [5, 5.41) is 0. The van der Waals surface area contributed by atoms with Crippen molar-refractivity contribution in [3.05, 3.63) is 0 Å². The minimum atomic E-state index is -0.400. The van der Waals surface area contributed by atoms with Crippen molar-refractivity contribution >= 4 is 23.9 Å². The van der Waals surface area contributed by atoms with Crippen molar-refractivity contribution in [3.63, 3.8) is 0 Å². The second kappa shape index (κ2) is 8.04. The average Bonchev–Trinajstić information content (AvgIpc) is 3.17. The van der Waals surface area contributed by atoms with Gasteiger partial charge in [-0.25, -0.2) is 0 Å². The summed E-state index contributed by atoms with van der Waals surface area (Å²) in [6, 6.07) is 0. The number of hydrogen-bond donors (Lipinski definition) is 0. The molecule has 0 aromatic heterocycles. The fourth-order valence-electron chi connectivity index (χ4n) is 5.99. The summed E-state index contributed by atoms with van der Waals surface area (Å²) >= 11 is 0. The Morgan fingerprint density at radius 1 is 0.500 bits per heavy atom. The second-order valence-electron chi connectivity index (χ2n) is 9.46. The predicted octanol–water partition coefficient (Wildman–Crippen LogP) is 2.07. The first-order valence-electron chi connectivity index (χ1n) is 11.3. The lowest BCUT2D eigenvalue weighted by atomic mass is 9.79. The number of ether oxygens (including phenoxy) is 4. The van der Waals surface area contributed by atoms with E-state index < -0.39 is 11.9 Å². The van der Waals surface area contributed by atoms with E-state index in [0.717, 1.165) is 38.5 Å². The number of hydrogen-bond acceptors (Lipinski definition) is 8. The Labute approximate surface area is 174 Å². The molecule has 0 bridgehead atoms. The van der Waals surface area contributed by atoms with E-state index in [1.165, 1.54) is 0 Å². The second-order valence-corrected chi connectivity index (χ2v) is 9.46. The van der Waals surface area contributed by atoms with Gasteiger partial charge in [0.15, 0.2) is 0 Å². The minimum absolute atomic E-state index is 0.0249. The zero-order chi connectivity index (χ0) is 20.8. The molecule has 8 atom stereocenters. The third-order valence-corrected chi connectivity index (χ3v) is 7.57. The molecule has 0 amide bonds. The molecule has 0 aromatic rings. The molecule has 8 nitrogen and oxygen atoms in total. The van der Waals surface area contributed by atoms with Gasteiger partial charge >= 0.3 is 23.9 Å². The van der Waals surface area contributed by atoms with Crippen LogP contribution in [0.1, 0.15) is 64.2 Å². The lowest BCUT2D eigenvalue weighted by Crippen LogP contribution is -2.39. The van der Waals surface area contributed by atoms with Crippen molar-refractivity contribution in [2.75, 3.05) is 0 Å². The quantitative estimate of drug-likeness (QED) is 0.503.